The molecule has 0 saturated heterocycles. The summed E-state index contributed by atoms with van der Waals surface area (Å²) in [4.78, 5) is 4.39. The van der Waals surface area contributed by atoms with Gasteiger partial charge in [-0.3, -0.25) is 0 Å². The molecule has 1 aromatic carbocycles. The topological polar surface area (TPSA) is 34.1 Å². The number of halogens is 2. The zero-order chi connectivity index (χ0) is 13.5. The second-order valence-electron chi connectivity index (χ2n) is 4.08. The van der Waals surface area contributed by atoms with E-state index in [1.807, 2.05) is 24.4 Å². The van der Waals surface area contributed by atoms with Crippen LogP contribution in [-0.4, -0.2) is 30.6 Å². The van der Waals surface area contributed by atoms with Crippen LogP contribution in [0.4, 0.5) is 5.82 Å². The zero-order valence-electron chi connectivity index (χ0n) is 10.5. The first-order chi connectivity index (χ1) is 9.33. The molecule has 0 aliphatic heterocycles. The maximum Gasteiger partial charge on any atom is 0.133 e. The van der Waals surface area contributed by atoms with Crippen LogP contribution in [0.15, 0.2) is 34.9 Å². The van der Waals surface area contributed by atoms with Gasteiger partial charge in [-0.15, -0.1) is 11.6 Å². The molecule has 5 heteroatoms. The van der Waals surface area contributed by atoms with Gasteiger partial charge in [-0.25, -0.2) is 4.98 Å². The molecule has 3 nitrogen and oxygen atoms in total. The van der Waals surface area contributed by atoms with Crippen LogP contribution in [-0.2, 0) is 4.74 Å². The van der Waals surface area contributed by atoms with Crippen molar-refractivity contribution < 1.29 is 4.74 Å². The summed E-state index contributed by atoms with van der Waals surface area (Å²) in [6.07, 6.45) is 2.75. The lowest BCUT2D eigenvalue weighted by atomic mass is 10.1. The minimum Gasteiger partial charge on any atom is -0.380 e. The van der Waals surface area contributed by atoms with Gasteiger partial charge in [0.15, 0.2) is 0 Å². The van der Waals surface area contributed by atoms with Crippen molar-refractivity contribution in [3.8, 4) is 0 Å². The lowest BCUT2D eigenvalue weighted by Gasteiger charge is -2.09. The molecule has 0 amide bonds. The lowest BCUT2D eigenvalue weighted by Crippen LogP contribution is -2.08. The Morgan fingerprint density at radius 1 is 1.21 bits per heavy atom. The van der Waals surface area contributed by atoms with Crippen molar-refractivity contribution in [1.29, 1.82) is 0 Å². The van der Waals surface area contributed by atoms with Crippen molar-refractivity contribution in [1.82, 2.24) is 4.98 Å². The first kappa shape index (κ1) is 14.6. The van der Waals surface area contributed by atoms with Crippen LogP contribution >= 0.6 is 27.5 Å². The monoisotopic (exact) mass is 342 g/mol. The molecule has 0 fully saturated rings. The second-order valence-corrected chi connectivity index (χ2v) is 5.31. The van der Waals surface area contributed by atoms with Crippen LogP contribution in [0, 0.1) is 0 Å². The van der Waals surface area contributed by atoms with Gasteiger partial charge in [0, 0.05) is 40.5 Å². The van der Waals surface area contributed by atoms with Gasteiger partial charge < -0.3 is 10.1 Å². The molecular formula is C14H16BrClN2O. The quantitative estimate of drug-likeness (QED) is 0.608. The molecule has 1 aromatic heterocycles. The summed E-state index contributed by atoms with van der Waals surface area (Å²) >= 11 is 9.09. The number of hydrogen-bond acceptors (Lipinski definition) is 3. The molecule has 0 radical (unpaired) electrons. The van der Waals surface area contributed by atoms with Gasteiger partial charge in [0.1, 0.15) is 5.82 Å². The number of fused-ring (bicyclic) bond motifs is 1. The highest BCUT2D eigenvalue weighted by Crippen LogP contribution is 2.27. The number of aromatic nitrogens is 1. The van der Waals surface area contributed by atoms with Crippen LogP contribution in [0.25, 0.3) is 10.8 Å². The summed E-state index contributed by atoms with van der Waals surface area (Å²) in [7, 11) is 0. The molecule has 19 heavy (non-hydrogen) atoms. The Labute approximate surface area is 126 Å². The largest absolute Gasteiger partial charge is 0.380 e. The number of ether oxygens (including phenoxy) is 1. The Hall–Kier alpha value is -0.840. The molecule has 102 valence electrons. The predicted octanol–water partition coefficient (Wildman–Crippen LogP) is 4.05. The SMILES string of the molecule is ClCCOCCCNc1nccc2c(Br)cccc12. The van der Waals surface area contributed by atoms with Crippen molar-refractivity contribution in [2.75, 3.05) is 31.0 Å². The molecule has 2 rings (SSSR count). The van der Waals surface area contributed by atoms with Crippen molar-refractivity contribution in [3.05, 3.63) is 34.9 Å². The molecule has 0 spiro atoms. The highest BCUT2D eigenvalue weighted by molar-refractivity contribution is 9.10. The van der Waals surface area contributed by atoms with E-state index in [2.05, 4.69) is 32.3 Å². The number of pyridine rings is 1. The van der Waals surface area contributed by atoms with E-state index in [-0.39, 0.29) is 0 Å². The molecule has 1 heterocycles. The molecule has 2 aromatic rings. The van der Waals surface area contributed by atoms with E-state index < -0.39 is 0 Å². The van der Waals surface area contributed by atoms with Gasteiger partial charge in [0.2, 0.25) is 0 Å². The third-order valence-electron chi connectivity index (χ3n) is 2.73. The Morgan fingerprint density at radius 2 is 2.11 bits per heavy atom. The van der Waals surface area contributed by atoms with E-state index in [0.717, 1.165) is 28.6 Å². The van der Waals surface area contributed by atoms with Crippen LogP contribution < -0.4 is 5.32 Å². The summed E-state index contributed by atoms with van der Waals surface area (Å²) in [6, 6.07) is 8.13. The fourth-order valence-corrected chi connectivity index (χ4v) is 2.45. The molecule has 0 atom stereocenters. The highest BCUT2D eigenvalue weighted by Gasteiger charge is 2.03. The molecule has 1 N–H and O–H groups in total. The Balaban J connectivity index is 1.95. The normalized spacial score (nSPS) is 10.8. The first-order valence-corrected chi connectivity index (χ1v) is 7.56. The van der Waals surface area contributed by atoms with E-state index >= 15 is 0 Å². The van der Waals surface area contributed by atoms with Crippen LogP contribution in [0.2, 0.25) is 0 Å². The van der Waals surface area contributed by atoms with Gasteiger partial charge in [-0.1, -0.05) is 28.1 Å². The maximum atomic E-state index is 5.54. The number of nitrogens with one attached hydrogen (secondary N) is 1. The first-order valence-electron chi connectivity index (χ1n) is 6.23. The summed E-state index contributed by atoms with van der Waals surface area (Å²) < 4.78 is 6.41. The lowest BCUT2D eigenvalue weighted by molar-refractivity contribution is 0.149. The standard InChI is InChI=1S/C14H16BrClN2O/c15-13-4-1-3-12-11(13)5-8-18-14(12)17-7-2-9-19-10-6-16/h1,3-5,8H,2,6-7,9-10H2,(H,17,18). The Kier molecular flexibility index (Phi) is 5.89. The number of alkyl halides is 1. The molecule has 0 saturated carbocycles. The smallest absolute Gasteiger partial charge is 0.133 e. The molecule has 0 bridgehead atoms. The fourth-order valence-electron chi connectivity index (χ4n) is 1.85. The van der Waals surface area contributed by atoms with Gasteiger partial charge >= 0.3 is 0 Å². The van der Waals surface area contributed by atoms with Crippen LogP contribution in [0.3, 0.4) is 0 Å². The van der Waals surface area contributed by atoms with Crippen molar-refractivity contribution >= 4 is 44.1 Å². The Bertz CT molecular complexity index is 536. The summed E-state index contributed by atoms with van der Waals surface area (Å²) in [5, 5.41) is 5.64. The van der Waals surface area contributed by atoms with Crippen LogP contribution in [0.1, 0.15) is 6.42 Å². The van der Waals surface area contributed by atoms with Gasteiger partial charge in [0.25, 0.3) is 0 Å². The summed E-state index contributed by atoms with van der Waals surface area (Å²) in [6.45, 7) is 2.16. The number of benzene rings is 1. The van der Waals surface area contributed by atoms with Crippen LogP contribution in [0.5, 0.6) is 0 Å². The third-order valence-corrected chi connectivity index (χ3v) is 3.58. The number of nitrogens with zero attached hydrogens (tertiary/aromatic N) is 1. The number of rotatable bonds is 7. The molecule has 0 aliphatic carbocycles. The average molecular weight is 344 g/mol. The van der Waals surface area contributed by atoms with Gasteiger partial charge in [0.05, 0.1) is 6.61 Å². The Morgan fingerprint density at radius 3 is 2.95 bits per heavy atom. The highest BCUT2D eigenvalue weighted by atomic mass is 79.9. The molecule has 0 unspecified atom stereocenters. The number of hydrogen-bond donors (Lipinski definition) is 1. The summed E-state index contributed by atoms with van der Waals surface area (Å²) in [5.41, 5.74) is 0. The fraction of sp³-hybridized carbons (Fsp3) is 0.357. The van der Waals surface area contributed by atoms with E-state index in [9.17, 15) is 0 Å². The zero-order valence-corrected chi connectivity index (χ0v) is 12.9. The van der Waals surface area contributed by atoms with Crippen molar-refractivity contribution in [2.45, 2.75) is 6.42 Å². The average Bonchev–Trinajstić information content (AvgIpc) is 2.43. The minimum atomic E-state index is 0.548. The number of anilines is 1. The summed E-state index contributed by atoms with van der Waals surface area (Å²) in [5.74, 6) is 1.46. The third kappa shape index (κ3) is 4.06. The van der Waals surface area contributed by atoms with Crippen molar-refractivity contribution in [3.63, 3.8) is 0 Å². The maximum absolute atomic E-state index is 5.54. The molecule has 0 aliphatic rings. The van der Waals surface area contributed by atoms with E-state index in [1.165, 1.54) is 5.39 Å². The minimum absolute atomic E-state index is 0.548. The molecular weight excluding hydrogens is 328 g/mol. The van der Waals surface area contributed by atoms with E-state index in [4.69, 9.17) is 16.3 Å². The predicted molar refractivity (Wildman–Crippen MR) is 84.1 cm³/mol. The van der Waals surface area contributed by atoms with E-state index in [0.29, 0.717) is 19.1 Å². The van der Waals surface area contributed by atoms with Gasteiger partial charge in [-0.05, 0) is 18.6 Å². The van der Waals surface area contributed by atoms with Crippen molar-refractivity contribution in [2.24, 2.45) is 0 Å². The second kappa shape index (κ2) is 7.68. The van der Waals surface area contributed by atoms with E-state index in [1.54, 1.807) is 0 Å². The van der Waals surface area contributed by atoms with Gasteiger partial charge in [-0.2, -0.15) is 0 Å².